The lowest BCUT2D eigenvalue weighted by Gasteiger charge is -2.06. The third-order valence-corrected chi connectivity index (χ3v) is 3.07. The van der Waals surface area contributed by atoms with Crippen LogP contribution in [0.2, 0.25) is 0 Å². The average molecular weight is 292 g/mol. The number of halogens is 1. The smallest absolute Gasteiger partial charge is 0.160 e. The van der Waals surface area contributed by atoms with Crippen molar-refractivity contribution in [3.8, 4) is 11.4 Å². The summed E-state index contributed by atoms with van der Waals surface area (Å²) in [6.45, 7) is 1.97. The van der Waals surface area contributed by atoms with E-state index < -0.39 is 0 Å². The predicted octanol–water partition coefficient (Wildman–Crippen LogP) is 2.80. The molecule has 0 aliphatic rings. The fourth-order valence-electron chi connectivity index (χ4n) is 1.61. The molecule has 1 atom stereocenters. The van der Waals surface area contributed by atoms with Gasteiger partial charge >= 0.3 is 0 Å². The number of nitrogens with two attached hydrogens (primary N) is 1. The van der Waals surface area contributed by atoms with Crippen molar-refractivity contribution in [3.63, 3.8) is 0 Å². The Kier molecular flexibility index (Phi) is 3.86. The summed E-state index contributed by atoms with van der Waals surface area (Å²) in [4.78, 5) is 8.73. The number of hydrogen-bond donors (Lipinski definition) is 1. The first-order chi connectivity index (χ1) is 8.16. The third-order valence-electron chi connectivity index (χ3n) is 2.38. The summed E-state index contributed by atoms with van der Waals surface area (Å²) in [6.07, 6.45) is 4.48. The highest BCUT2D eigenvalue weighted by atomic mass is 79.9. The van der Waals surface area contributed by atoms with Crippen molar-refractivity contribution in [3.05, 3.63) is 46.7 Å². The second kappa shape index (κ2) is 5.38. The lowest BCUT2D eigenvalue weighted by Crippen LogP contribution is -2.18. The van der Waals surface area contributed by atoms with Gasteiger partial charge in [-0.2, -0.15) is 0 Å². The molecule has 4 heteroatoms. The van der Waals surface area contributed by atoms with E-state index >= 15 is 0 Å². The Balaban J connectivity index is 2.27. The van der Waals surface area contributed by atoms with E-state index in [1.54, 1.807) is 0 Å². The average Bonchev–Trinajstić information content (AvgIpc) is 2.30. The van der Waals surface area contributed by atoms with E-state index in [1.807, 2.05) is 43.6 Å². The maximum atomic E-state index is 5.73. The zero-order valence-corrected chi connectivity index (χ0v) is 11.2. The topological polar surface area (TPSA) is 51.8 Å². The van der Waals surface area contributed by atoms with Crippen molar-refractivity contribution < 1.29 is 0 Å². The van der Waals surface area contributed by atoms with E-state index in [4.69, 9.17) is 5.73 Å². The van der Waals surface area contributed by atoms with Gasteiger partial charge in [0.15, 0.2) is 5.82 Å². The van der Waals surface area contributed by atoms with E-state index in [1.165, 1.54) is 0 Å². The molecule has 3 nitrogen and oxygen atoms in total. The summed E-state index contributed by atoms with van der Waals surface area (Å²) >= 11 is 3.49. The van der Waals surface area contributed by atoms with Crippen molar-refractivity contribution >= 4 is 15.9 Å². The quantitative estimate of drug-likeness (QED) is 0.946. The molecular formula is C13H14BrN3. The molecule has 0 aliphatic carbocycles. The van der Waals surface area contributed by atoms with Gasteiger partial charge in [-0.1, -0.05) is 34.1 Å². The Morgan fingerprint density at radius 1 is 1.24 bits per heavy atom. The maximum Gasteiger partial charge on any atom is 0.160 e. The molecule has 0 radical (unpaired) electrons. The Morgan fingerprint density at radius 2 is 1.88 bits per heavy atom. The van der Waals surface area contributed by atoms with E-state index in [-0.39, 0.29) is 6.04 Å². The maximum absolute atomic E-state index is 5.73. The molecule has 0 bridgehead atoms. The van der Waals surface area contributed by atoms with Crippen LogP contribution in [0.15, 0.2) is 41.1 Å². The predicted molar refractivity (Wildman–Crippen MR) is 72.5 cm³/mol. The second-order valence-electron chi connectivity index (χ2n) is 4.08. The molecule has 0 aliphatic heterocycles. The summed E-state index contributed by atoms with van der Waals surface area (Å²) < 4.78 is 1.000. The highest BCUT2D eigenvalue weighted by Gasteiger charge is 2.05. The summed E-state index contributed by atoms with van der Waals surface area (Å²) in [7, 11) is 0. The lowest BCUT2D eigenvalue weighted by molar-refractivity contribution is 0.732. The number of hydrogen-bond acceptors (Lipinski definition) is 3. The highest BCUT2D eigenvalue weighted by molar-refractivity contribution is 9.10. The van der Waals surface area contributed by atoms with Crippen molar-refractivity contribution in [1.82, 2.24) is 9.97 Å². The zero-order chi connectivity index (χ0) is 12.3. The van der Waals surface area contributed by atoms with Crippen molar-refractivity contribution in [1.29, 1.82) is 0 Å². The van der Waals surface area contributed by atoms with Crippen molar-refractivity contribution in [2.45, 2.75) is 19.4 Å². The molecule has 1 aromatic carbocycles. The number of rotatable bonds is 3. The first kappa shape index (κ1) is 12.2. The second-order valence-corrected chi connectivity index (χ2v) is 4.93. The minimum atomic E-state index is 0.132. The minimum Gasteiger partial charge on any atom is -0.328 e. The monoisotopic (exact) mass is 291 g/mol. The Bertz CT molecular complexity index is 494. The molecule has 0 spiro atoms. The van der Waals surface area contributed by atoms with E-state index in [0.29, 0.717) is 0 Å². The molecule has 0 fully saturated rings. The van der Waals surface area contributed by atoms with Gasteiger partial charge in [-0.3, -0.25) is 0 Å². The van der Waals surface area contributed by atoms with Crippen LogP contribution in [0.4, 0.5) is 0 Å². The van der Waals surface area contributed by atoms with Crippen LogP contribution in [-0.2, 0) is 6.42 Å². The molecule has 1 unspecified atom stereocenters. The van der Waals surface area contributed by atoms with Gasteiger partial charge in [0, 0.05) is 28.5 Å². The fraction of sp³-hybridized carbons (Fsp3) is 0.231. The van der Waals surface area contributed by atoms with Gasteiger partial charge in [0.25, 0.3) is 0 Å². The molecule has 1 aromatic heterocycles. The number of nitrogens with zero attached hydrogens (tertiary/aromatic N) is 2. The van der Waals surface area contributed by atoms with Gasteiger partial charge in [0.2, 0.25) is 0 Å². The third kappa shape index (κ3) is 3.11. The molecule has 2 aromatic rings. The van der Waals surface area contributed by atoms with E-state index in [2.05, 4.69) is 25.9 Å². The standard InChI is InChI=1S/C13H14BrN3/c1-9(15)6-10-7-16-13(17-8-10)11-4-2-3-5-12(11)14/h2-5,7-9H,6,15H2,1H3. The SMILES string of the molecule is CC(N)Cc1cnc(-c2ccccc2Br)nc1. The normalized spacial score (nSPS) is 12.4. The lowest BCUT2D eigenvalue weighted by atomic mass is 10.1. The molecule has 0 saturated carbocycles. The Morgan fingerprint density at radius 3 is 2.47 bits per heavy atom. The van der Waals surface area contributed by atoms with Crippen LogP contribution < -0.4 is 5.73 Å². The van der Waals surface area contributed by atoms with E-state index in [0.717, 1.165) is 27.8 Å². The van der Waals surface area contributed by atoms with Crippen LogP contribution in [0.3, 0.4) is 0 Å². The molecule has 2 rings (SSSR count). The van der Waals surface area contributed by atoms with Crippen molar-refractivity contribution in [2.24, 2.45) is 5.73 Å². The van der Waals surface area contributed by atoms with Crippen LogP contribution in [0.5, 0.6) is 0 Å². The molecule has 2 N–H and O–H groups in total. The molecule has 0 saturated heterocycles. The molecule has 0 amide bonds. The van der Waals surface area contributed by atoms with Crippen LogP contribution in [0.1, 0.15) is 12.5 Å². The number of benzene rings is 1. The summed E-state index contributed by atoms with van der Waals surface area (Å²) in [5.41, 5.74) is 7.80. The van der Waals surface area contributed by atoms with Gasteiger partial charge in [-0.05, 0) is 25.0 Å². The van der Waals surface area contributed by atoms with E-state index in [9.17, 15) is 0 Å². The van der Waals surface area contributed by atoms with Crippen LogP contribution in [0.25, 0.3) is 11.4 Å². The molecular weight excluding hydrogens is 278 g/mol. The first-order valence-electron chi connectivity index (χ1n) is 5.48. The Hall–Kier alpha value is -1.26. The van der Waals surface area contributed by atoms with Gasteiger partial charge in [-0.25, -0.2) is 9.97 Å². The first-order valence-corrected chi connectivity index (χ1v) is 6.27. The van der Waals surface area contributed by atoms with Crippen LogP contribution in [0, 0.1) is 0 Å². The van der Waals surface area contributed by atoms with Gasteiger partial charge in [-0.15, -0.1) is 0 Å². The van der Waals surface area contributed by atoms with Gasteiger partial charge in [0.1, 0.15) is 0 Å². The van der Waals surface area contributed by atoms with Gasteiger partial charge in [0.05, 0.1) is 0 Å². The minimum absolute atomic E-state index is 0.132. The summed E-state index contributed by atoms with van der Waals surface area (Å²) in [6, 6.07) is 8.05. The molecule has 17 heavy (non-hydrogen) atoms. The molecule has 88 valence electrons. The largest absolute Gasteiger partial charge is 0.328 e. The van der Waals surface area contributed by atoms with Crippen LogP contribution in [-0.4, -0.2) is 16.0 Å². The van der Waals surface area contributed by atoms with Crippen LogP contribution >= 0.6 is 15.9 Å². The number of aromatic nitrogens is 2. The fourth-order valence-corrected chi connectivity index (χ4v) is 2.08. The summed E-state index contributed by atoms with van der Waals surface area (Å²) in [5, 5.41) is 0. The highest BCUT2D eigenvalue weighted by Crippen LogP contribution is 2.24. The van der Waals surface area contributed by atoms with Crippen molar-refractivity contribution in [2.75, 3.05) is 0 Å². The Labute approximate surface area is 109 Å². The van der Waals surface area contributed by atoms with Gasteiger partial charge < -0.3 is 5.73 Å². The zero-order valence-electron chi connectivity index (χ0n) is 9.60. The summed E-state index contributed by atoms with van der Waals surface area (Å²) in [5.74, 6) is 0.728. The molecule has 1 heterocycles.